The van der Waals surface area contributed by atoms with Crippen LogP contribution in [0.1, 0.15) is 56.5 Å². The number of hydrogen-bond donors (Lipinski definition) is 2. The quantitative estimate of drug-likeness (QED) is 0.104. The summed E-state index contributed by atoms with van der Waals surface area (Å²) in [5.41, 5.74) is 2.19. The summed E-state index contributed by atoms with van der Waals surface area (Å²) in [4.78, 5) is 7.94. The third-order valence-corrected chi connectivity index (χ3v) is 6.06. The first kappa shape index (κ1) is 37.9. The number of aromatic nitrogens is 3. The second kappa shape index (κ2) is 17.3. The van der Waals surface area contributed by atoms with Crippen LogP contribution in [-0.2, 0) is 26.3 Å². The Labute approximate surface area is 286 Å². The number of alkyl halides is 3. The molecule has 0 aliphatic rings. The Morgan fingerprint density at radius 2 is 1.90 bits per heavy atom. The summed E-state index contributed by atoms with van der Waals surface area (Å²) in [5.74, 6) is -2.43. The maximum absolute atomic E-state index is 16.3. The van der Waals surface area contributed by atoms with E-state index in [1.165, 1.54) is 0 Å². The first-order chi connectivity index (χ1) is 19.4. The van der Waals surface area contributed by atoms with Gasteiger partial charge in [0.2, 0.25) is 5.88 Å². The van der Waals surface area contributed by atoms with E-state index in [0.29, 0.717) is 18.7 Å². The molecule has 3 aromatic rings. The second-order valence-electron chi connectivity index (χ2n) is 8.98. The molecule has 0 saturated carbocycles. The Kier molecular flexibility index (Phi) is 15.6. The zero-order chi connectivity index (χ0) is 30.9. The standard InChI is InChI=1S/C26H31F5N7O.C2H6.K/c1-6-14(2)39-25-18(13-34-9-8-33-4)23(35-12-16-7-10-38(5)37-16)22(28)24(36-25)17-11-19(32)21(27)15(3)20(17)26(29,30)31;1-2;/h7,10-11,14H,4,6,8-9,12-13,32H2,1-3,5H3,(H,35,36);1-2H3;/q-1;;+1. The van der Waals surface area contributed by atoms with E-state index in [-0.39, 0.29) is 88.1 Å². The molecule has 0 amide bonds. The molecule has 0 fully saturated rings. The zero-order valence-corrected chi connectivity index (χ0v) is 28.3. The van der Waals surface area contributed by atoms with Gasteiger partial charge in [0.1, 0.15) is 11.5 Å². The number of hydrogen-bond acceptors (Lipinski definition) is 6. The third-order valence-electron chi connectivity index (χ3n) is 6.06. The summed E-state index contributed by atoms with van der Waals surface area (Å²) in [5, 5.41) is 11.5. The number of benzene rings is 1. The fourth-order valence-corrected chi connectivity index (χ4v) is 3.90. The van der Waals surface area contributed by atoms with Crippen molar-refractivity contribution in [3.63, 3.8) is 0 Å². The van der Waals surface area contributed by atoms with Gasteiger partial charge in [0.25, 0.3) is 0 Å². The minimum Gasteiger partial charge on any atom is -0.657 e. The Hall–Kier alpha value is -2.10. The van der Waals surface area contributed by atoms with Crippen LogP contribution in [0.5, 0.6) is 5.88 Å². The molecule has 2 aromatic heterocycles. The van der Waals surface area contributed by atoms with Gasteiger partial charge in [0.05, 0.1) is 35.3 Å². The van der Waals surface area contributed by atoms with Gasteiger partial charge < -0.3 is 26.1 Å². The van der Waals surface area contributed by atoms with Crippen LogP contribution in [0, 0.1) is 18.6 Å². The van der Waals surface area contributed by atoms with Gasteiger partial charge in [-0.1, -0.05) is 20.8 Å². The molecule has 0 spiro atoms. The molecule has 0 radical (unpaired) electrons. The SMILES string of the molecule is C=NCC[N-]Cc1c(OC(C)CC)nc(-c2cc(N)c(F)c(C)c2C(F)(F)F)c(F)c1NCc1ccn(C)n1.CC.[K+]. The van der Waals surface area contributed by atoms with Crippen molar-refractivity contribution in [3.8, 4) is 17.1 Å². The molecule has 0 bridgehead atoms. The predicted octanol–water partition coefficient (Wildman–Crippen LogP) is 4.06. The fourth-order valence-electron chi connectivity index (χ4n) is 3.90. The number of aryl methyl sites for hydroxylation is 1. The summed E-state index contributed by atoms with van der Waals surface area (Å²) < 4.78 is 80.7. The first-order valence-electron chi connectivity index (χ1n) is 13.2. The van der Waals surface area contributed by atoms with E-state index in [9.17, 15) is 17.6 Å². The number of ether oxygens (including phenoxy) is 1. The average molecular weight is 622 g/mol. The zero-order valence-electron chi connectivity index (χ0n) is 25.2. The number of nitrogens with one attached hydrogen (secondary N) is 1. The minimum atomic E-state index is -5.02. The summed E-state index contributed by atoms with van der Waals surface area (Å²) in [6.07, 6.45) is -3.19. The molecule has 1 atom stereocenters. The molecular formula is C28H37F5KN7O. The largest absolute Gasteiger partial charge is 1.00 e. The molecule has 226 valence electrons. The number of pyridine rings is 1. The fraction of sp³-hybridized carbons (Fsp3) is 0.464. The molecule has 3 rings (SSSR count). The van der Waals surface area contributed by atoms with Crippen molar-refractivity contribution in [2.45, 2.75) is 66.4 Å². The van der Waals surface area contributed by atoms with Gasteiger partial charge in [-0.15, -0.1) is 13.1 Å². The molecule has 2 heterocycles. The Morgan fingerprint density at radius 3 is 2.45 bits per heavy atom. The van der Waals surface area contributed by atoms with Crippen molar-refractivity contribution in [2.24, 2.45) is 12.0 Å². The summed E-state index contributed by atoms with van der Waals surface area (Å²) in [6.45, 7) is 12.5. The molecule has 8 nitrogen and oxygen atoms in total. The van der Waals surface area contributed by atoms with Crippen molar-refractivity contribution in [1.29, 1.82) is 0 Å². The van der Waals surface area contributed by atoms with E-state index in [4.69, 9.17) is 10.5 Å². The van der Waals surface area contributed by atoms with Gasteiger partial charge >= 0.3 is 57.6 Å². The van der Waals surface area contributed by atoms with E-state index >= 15 is 4.39 Å². The van der Waals surface area contributed by atoms with Crippen LogP contribution < -0.4 is 67.2 Å². The van der Waals surface area contributed by atoms with E-state index in [1.54, 1.807) is 30.9 Å². The molecule has 1 aromatic carbocycles. The van der Waals surface area contributed by atoms with Crippen molar-refractivity contribution in [3.05, 3.63) is 57.7 Å². The van der Waals surface area contributed by atoms with Gasteiger partial charge in [-0.3, -0.25) is 4.68 Å². The Morgan fingerprint density at radius 1 is 1.24 bits per heavy atom. The number of nitrogens with two attached hydrogens (primary N) is 1. The van der Waals surface area contributed by atoms with Crippen molar-refractivity contribution in [1.82, 2.24) is 14.8 Å². The monoisotopic (exact) mass is 621 g/mol. The van der Waals surface area contributed by atoms with Gasteiger partial charge in [0.15, 0.2) is 5.82 Å². The maximum atomic E-state index is 16.3. The van der Waals surface area contributed by atoms with Crippen LogP contribution in [0.25, 0.3) is 16.6 Å². The molecule has 0 aliphatic carbocycles. The number of anilines is 2. The van der Waals surface area contributed by atoms with Crippen LogP contribution in [-0.4, -0.2) is 40.7 Å². The van der Waals surface area contributed by atoms with E-state index < -0.39 is 52.0 Å². The van der Waals surface area contributed by atoms with Crippen molar-refractivity contribution >= 4 is 18.1 Å². The van der Waals surface area contributed by atoms with E-state index in [0.717, 1.165) is 13.0 Å². The van der Waals surface area contributed by atoms with Crippen molar-refractivity contribution in [2.75, 3.05) is 24.1 Å². The first-order valence-corrected chi connectivity index (χ1v) is 13.2. The summed E-state index contributed by atoms with van der Waals surface area (Å²) >= 11 is 0. The number of nitrogens with zero attached hydrogens (tertiary/aromatic N) is 5. The van der Waals surface area contributed by atoms with E-state index in [1.807, 2.05) is 20.8 Å². The summed E-state index contributed by atoms with van der Waals surface area (Å²) in [7, 11) is 1.71. The number of halogens is 5. The van der Waals surface area contributed by atoms with Crippen LogP contribution in [0.2, 0.25) is 0 Å². The average Bonchev–Trinajstić information content (AvgIpc) is 3.35. The predicted molar refractivity (Wildman–Crippen MR) is 152 cm³/mol. The number of rotatable bonds is 12. The summed E-state index contributed by atoms with van der Waals surface area (Å²) in [6, 6.07) is 2.45. The van der Waals surface area contributed by atoms with Gasteiger partial charge in [-0.25, -0.2) is 13.8 Å². The number of nitrogen functional groups attached to an aromatic ring is 1. The van der Waals surface area contributed by atoms with Crippen LogP contribution in [0.4, 0.5) is 33.3 Å². The maximum Gasteiger partial charge on any atom is 1.00 e. The Bertz CT molecular complexity index is 1330. The molecule has 3 N–H and O–H groups in total. The second-order valence-corrected chi connectivity index (χ2v) is 8.98. The van der Waals surface area contributed by atoms with Gasteiger partial charge in [-0.05, 0) is 44.7 Å². The molecule has 0 aliphatic heterocycles. The van der Waals surface area contributed by atoms with Gasteiger partial charge in [0, 0.05) is 30.9 Å². The molecule has 14 heteroatoms. The normalized spacial score (nSPS) is 11.7. The molecule has 0 saturated heterocycles. The Balaban J connectivity index is 0.00000288. The smallest absolute Gasteiger partial charge is 0.657 e. The molecule has 1 unspecified atom stereocenters. The molecular weight excluding hydrogens is 584 g/mol. The van der Waals surface area contributed by atoms with Crippen molar-refractivity contribution < 1.29 is 78.1 Å². The van der Waals surface area contributed by atoms with Gasteiger partial charge in [-0.2, -0.15) is 18.3 Å². The van der Waals surface area contributed by atoms with Crippen LogP contribution in [0.3, 0.4) is 0 Å². The molecule has 42 heavy (non-hydrogen) atoms. The third kappa shape index (κ3) is 9.45. The van der Waals surface area contributed by atoms with Crippen LogP contribution in [0.15, 0.2) is 23.3 Å². The minimum absolute atomic E-state index is 0. The van der Waals surface area contributed by atoms with Crippen LogP contribution >= 0.6 is 0 Å². The van der Waals surface area contributed by atoms with E-state index in [2.05, 4.69) is 32.4 Å². The number of aliphatic imine (C=N–C) groups is 1. The topological polar surface area (TPSA) is 104 Å².